The minimum atomic E-state index is -0.776. The highest BCUT2D eigenvalue weighted by Gasteiger charge is 2.28. The number of likely N-dealkylation sites (tertiary alicyclic amines) is 1. The number of nitriles is 1. The highest BCUT2D eigenvalue weighted by molar-refractivity contribution is 7.13. The first kappa shape index (κ1) is 30.7. The van der Waals surface area contributed by atoms with Crippen molar-refractivity contribution in [2.75, 3.05) is 32.0 Å². The number of likely N-dealkylation sites (N-methyl/N-ethyl adjacent to an activating group) is 1. The molecule has 1 atom stereocenters. The second kappa shape index (κ2) is 12.3. The largest absolute Gasteiger partial charge is 0.481 e. The van der Waals surface area contributed by atoms with Crippen LogP contribution >= 0.6 is 11.3 Å². The summed E-state index contributed by atoms with van der Waals surface area (Å²) < 4.78 is 6.19. The number of hydrogen-bond acceptors (Lipinski definition) is 10. The van der Waals surface area contributed by atoms with Gasteiger partial charge in [0.2, 0.25) is 5.89 Å². The monoisotopic (exact) mass is 647 g/mol. The van der Waals surface area contributed by atoms with Gasteiger partial charge in [-0.3, -0.25) is 19.5 Å². The Bertz CT molecular complexity index is 2100. The molecule has 0 spiro atoms. The summed E-state index contributed by atoms with van der Waals surface area (Å²) in [6.45, 7) is 7.39. The molecule has 12 heteroatoms. The van der Waals surface area contributed by atoms with Crippen LogP contribution in [-0.4, -0.2) is 68.4 Å². The van der Waals surface area contributed by atoms with E-state index in [0.29, 0.717) is 64.9 Å². The van der Waals surface area contributed by atoms with Gasteiger partial charge in [0.1, 0.15) is 11.6 Å². The Morgan fingerprint density at radius 1 is 1.13 bits per heavy atom. The summed E-state index contributed by atoms with van der Waals surface area (Å²) in [6.07, 6.45) is 4.95. The van der Waals surface area contributed by atoms with Gasteiger partial charge in [0, 0.05) is 61.1 Å². The number of rotatable bonds is 7. The van der Waals surface area contributed by atoms with Crippen molar-refractivity contribution >= 4 is 40.0 Å². The van der Waals surface area contributed by atoms with Gasteiger partial charge < -0.3 is 19.7 Å². The van der Waals surface area contributed by atoms with Crippen molar-refractivity contribution in [3.8, 4) is 28.7 Å². The van der Waals surface area contributed by atoms with E-state index in [1.54, 1.807) is 18.5 Å². The molecule has 1 fully saturated rings. The number of aromatic nitrogens is 3. The molecule has 3 aromatic heterocycles. The van der Waals surface area contributed by atoms with E-state index in [0.717, 1.165) is 57.9 Å². The maximum Gasteiger partial charge on any atom is 0.307 e. The summed E-state index contributed by atoms with van der Waals surface area (Å²) in [6, 6.07) is 11.7. The summed E-state index contributed by atoms with van der Waals surface area (Å²) in [5.74, 6) is -1.02. The van der Waals surface area contributed by atoms with Gasteiger partial charge in [-0.25, -0.2) is 9.97 Å². The molecule has 2 aliphatic rings. The molecule has 2 N–H and O–H groups in total. The highest BCUT2D eigenvalue weighted by Crippen LogP contribution is 2.36. The van der Waals surface area contributed by atoms with Gasteiger partial charge >= 0.3 is 5.97 Å². The van der Waals surface area contributed by atoms with Crippen LogP contribution in [-0.2, 0) is 24.3 Å². The molecular weight excluding hydrogens is 614 g/mol. The van der Waals surface area contributed by atoms with Gasteiger partial charge in [-0.1, -0.05) is 12.1 Å². The lowest BCUT2D eigenvalue weighted by molar-refractivity contribution is -0.141. The summed E-state index contributed by atoms with van der Waals surface area (Å²) in [4.78, 5) is 44.1. The molecule has 238 valence electrons. The molecule has 0 aliphatic carbocycles. The second-order valence-corrected chi connectivity index (χ2v) is 13.4. The van der Waals surface area contributed by atoms with E-state index in [4.69, 9.17) is 9.40 Å². The van der Waals surface area contributed by atoms with Crippen molar-refractivity contribution in [1.82, 2.24) is 24.8 Å². The van der Waals surface area contributed by atoms with E-state index in [9.17, 15) is 20.0 Å². The van der Waals surface area contributed by atoms with E-state index in [1.165, 1.54) is 11.3 Å². The van der Waals surface area contributed by atoms with Crippen molar-refractivity contribution in [3.63, 3.8) is 0 Å². The van der Waals surface area contributed by atoms with Crippen LogP contribution in [0.5, 0.6) is 0 Å². The van der Waals surface area contributed by atoms with Crippen molar-refractivity contribution in [3.05, 3.63) is 80.6 Å². The number of pyridine rings is 1. The van der Waals surface area contributed by atoms with Crippen LogP contribution in [0.3, 0.4) is 0 Å². The minimum absolute atomic E-state index is 0.221. The van der Waals surface area contributed by atoms with E-state index in [-0.39, 0.29) is 11.8 Å². The third kappa shape index (κ3) is 5.89. The number of hydrogen-bond donors (Lipinski definition) is 2. The molecular formula is C35H33N7O4S. The number of oxazole rings is 1. The Morgan fingerprint density at radius 2 is 1.96 bits per heavy atom. The second-order valence-electron chi connectivity index (χ2n) is 12.3. The zero-order valence-electron chi connectivity index (χ0n) is 26.3. The first-order valence-electron chi connectivity index (χ1n) is 15.5. The average molecular weight is 648 g/mol. The number of carboxylic acid groups (broad SMARTS) is 1. The van der Waals surface area contributed by atoms with Crippen molar-refractivity contribution < 1.29 is 19.1 Å². The fourth-order valence-corrected chi connectivity index (χ4v) is 7.57. The van der Waals surface area contributed by atoms with Crippen LogP contribution in [0.1, 0.15) is 49.0 Å². The molecule has 5 aromatic rings. The predicted molar refractivity (Wildman–Crippen MR) is 178 cm³/mol. The molecule has 0 saturated carbocycles. The molecule has 2 aromatic carbocycles. The molecule has 11 nitrogen and oxygen atoms in total. The third-order valence-corrected chi connectivity index (χ3v) is 10.2. The number of benzene rings is 2. The topological polar surface area (TPSA) is 148 Å². The molecule has 7 rings (SSSR count). The predicted octanol–water partition coefficient (Wildman–Crippen LogP) is 5.65. The van der Waals surface area contributed by atoms with Crippen molar-refractivity contribution in [2.45, 2.75) is 39.8 Å². The van der Waals surface area contributed by atoms with Gasteiger partial charge in [-0.2, -0.15) is 5.26 Å². The molecule has 2 aliphatic heterocycles. The lowest BCUT2D eigenvalue weighted by Gasteiger charge is -2.20. The molecule has 5 heterocycles. The molecule has 1 saturated heterocycles. The lowest BCUT2D eigenvalue weighted by atomic mass is 9.95. The summed E-state index contributed by atoms with van der Waals surface area (Å²) in [5.41, 5.74) is 8.19. The fraction of sp³-hybridized carbons (Fsp3) is 0.314. The van der Waals surface area contributed by atoms with Gasteiger partial charge in [-0.05, 0) is 74.3 Å². The van der Waals surface area contributed by atoms with Gasteiger partial charge in [0.25, 0.3) is 5.91 Å². The van der Waals surface area contributed by atoms with Crippen LogP contribution in [0.25, 0.3) is 33.7 Å². The minimum Gasteiger partial charge on any atom is -0.481 e. The Hall–Kier alpha value is -4.96. The molecule has 47 heavy (non-hydrogen) atoms. The summed E-state index contributed by atoms with van der Waals surface area (Å²) >= 11 is 1.45. The van der Waals surface area contributed by atoms with E-state index >= 15 is 0 Å². The van der Waals surface area contributed by atoms with Crippen LogP contribution in [0.2, 0.25) is 0 Å². The number of anilines is 1. The molecule has 0 unspecified atom stereocenters. The molecule has 1 amide bonds. The van der Waals surface area contributed by atoms with Gasteiger partial charge in [0.05, 0.1) is 22.7 Å². The standard InChI is InChI=1S/C35H33N7O4S/c1-19-25(24-5-4-6-27(20(24)2)38-32(43)34-40-28-8-9-41(3)18-30(28)47-34)14-37-15-26(19)33-39-29-12-21(11-23(13-36)31(29)46-33)16-42-10-7-22(17-42)35(44)45/h4-6,11-12,14-15,22H,7-10,16-18H2,1-3H3,(H,38,43)(H,44,45)/t22-/m0/s1. The van der Waals surface area contributed by atoms with Gasteiger partial charge in [0.15, 0.2) is 10.6 Å². The summed E-state index contributed by atoms with van der Waals surface area (Å²) in [7, 11) is 2.07. The Labute approximate surface area is 275 Å². The number of fused-ring (bicyclic) bond motifs is 2. The first-order valence-corrected chi connectivity index (χ1v) is 16.3. The maximum absolute atomic E-state index is 13.3. The first-order chi connectivity index (χ1) is 22.7. The van der Waals surface area contributed by atoms with E-state index in [2.05, 4.69) is 38.2 Å². The molecule has 0 bridgehead atoms. The number of carbonyl (C=O) groups excluding carboxylic acids is 1. The Kier molecular flexibility index (Phi) is 8.05. The van der Waals surface area contributed by atoms with E-state index < -0.39 is 5.97 Å². The molecule has 0 radical (unpaired) electrons. The van der Waals surface area contributed by atoms with Crippen molar-refractivity contribution in [2.24, 2.45) is 5.92 Å². The maximum atomic E-state index is 13.3. The highest BCUT2D eigenvalue weighted by atomic mass is 32.1. The smallest absolute Gasteiger partial charge is 0.307 e. The van der Waals surface area contributed by atoms with Crippen LogP contribution in [0.15, 0.2) is 47.1 Å². The number of carbonyl (C=O) groups is 2. The van der Waals surface area contributed by atoms with Gasteiger partial charge in [-0.15, -0.1) is 11.3 Å². The number of carboxylic acids is 1. The van der Waals surface area contributed by atoms with Crippen LogP contribution in [0, 0.1) is 31.1 Å². The Balaban J connectivity index is 1.16. The van der Waals surface area contributed by atoms with Crippen LogP contribution < -0.4 is 5.32 Å². The summed E-state index contributed by atoms with van der Waals surface area (Å²) in [5, 5.41) is 22.8. The van der Waals surface area contributed by atoms with E-state index in [1.807, 2.05) is 38.1 Å². The number of aliphatic carboxylic acids is 1. The third-order valence-electron chi connectivity index (χ3n) is 9.13. The Morgan fingerprint density at radius 3 is 2.74 bits per heavy atom. The number of nitrogens with zero attached hydrogens (tertiary/aromatic N) is 6. The number of nitrogens with one attached hydrogen (secondary N) is 1. The quantitative estimate of drug-likeness (QED) is 0.227. The lowest BCUT2D eigenvalue weighted by Crippen LogP contribution is -2.25. The zero-order chi connectivity index (χ0) is 32.8. The SMILES string of the molecule is Cc1c(NC(=O)c2nc3c(s2)CN(C)CC3)cccc1-c1cncc(-c2nc3cc(CN4CC[C@H](C(=O)O)C4)cc(C#N)c3o2)c1C. The normalized spacial score (nSPS) is 16.7. The zero-order valence-corrected chi connectivity index (χ0v) is 27.1. The number of amides is 1. The van der Waals surface area contributed by atoms with Crippen molar-refractivity contribution in [1.29, 1.82) is 5.26 Å². The van der Waals surface area contributed by atoms with Crippen LogP contribution in [0.4, 0.5) is 5.69 Å². The fourth-order valence-electron chi connectivity index (χ4n) is 6.49. The number of thiazole rings is 1. The average Bonchev–Trinajstić information content (AvgIpc) is 3.80.